The van der Waals surface area contributed by atoms with Crippen molar-refractivity contribution in [2.24, 2.45) is 0 Å². The Morgan fingerprint density at radius 2 is 1.64 bits per heavy atom. The van der Waals surface area contributed by atoms with E-state index in [9.17, 15) is 13.2 Å². The third-order valence-electron chi connectivity index (χ3n) is 4.10. The Balaban J connectivity index is 1.65. The molecule has 1 amide bonds. The van der Waals surface area contributed by atoms with E-state index in [4.69, 9.17) is 0 Å². The quantitative estimate of drug-likeness (QED) is 0.605. The minimum Gasteiger partial charge on any atom is -0.347 e. The summed E-state index contributed by atoms with van der Waals surface area (Å²) in [4.78, 5) is 12.6. The topological polar surface area (TPSA) is 75.3 Å². The molecule has 1 aromatic heterocycles. The van der Waals surface area contributed by atoms with E-state index < -0.39 is 15.6 Å². The zero-order chi connectivity index (χ0) is 20.2. The van der Waals surface area contributed by atoms with Crippen molar-refractivity contribution in [3.8, 4) is 0 Å². The number of rotatable bonds is 7. The molecule has 3 rings (SSSR count). The Hall–Kier alpha value is -2.64. The van der Waals surface area contributed by atoms with Gasteiger partial charge in [-0.05, 0) is 61.5 Å². The highest BCUT2D eigenvalue weighted by Gasteiger charge is 2.22. The predicted molar refractivity (Wildman–Crippen MR) is 113 cm³/mol. The molecule has 2 aromatic carbocycles. The molecule has 5 nitrogen and oxygen atoms in total. The molecule has 0 atom stereocenters. The normalized spacial score (nSPS) is 11.8. The van der Waals surface area contributed by atoms with Crippen molar-refractivity contribution in [1.29, 1.82) is 0 Å². The van der Waals surface area contributed by atoms with Gasteiger partial charge in [-0.2, -0.15) is 0 Å². The van der Waals surface area contributed by atoms with Crippen molar-refractivity contribution in [2.75, 3.05) is 4.72 Å². The minimum absolute atomic E-state index is 0.200. The summed E-state index contributed by atoms with van der Waals surface area (Å²) in [6.45, 7) is 3.95. The smallest absolute Gasteiger partial charge is 0.271 e. The second-order valence-corrected chi connectivity index (χ2v) is 9.97. The zero-order valence-electron chi connectivity index (χ0n) is 15.7. The van der Waals surface area contributed by atoms with E-state index in [0.717, 1.165) is 16.9 Å². The van der Waals surface area contributed by atoms with Gasteiger partial charge in [-0.25, -0.2) is 8.42 Å². The lowest BCUT2D eigenvalue weighted by Gasteiger charge is -2.26. The molecule has 3 aromatic rings. The molecular formula is C21H22N2O3S2. The lowest BCUT2D eigenvalue weighted by Crippen LogP contribution is -2.45. The van der Waals surface area contributed by atoms with E-state index in [1.807, 2.05) is 44.2 Å². The summed E-state index contributed by atoms with van der Waals surface area (Å²) in [5.41, 5.74) is 1.61. The van der Waals surface area contributed by atoms with Crippen molar-refractivity contribution in [1.82, 2.24) is 5.32 Å². The highest BCUT2D eigenvalue weighted by molar-refractivity contribution is 7.94. The molecular weight excluding hydrogens is 392 g/mol. The summed E-state index contributed by atoms with van der Waals surface area (Å²) >= 11 is 1.15. The summed E-state index contributed by atoms with van der Waals surface area (Å²) < 4.78 is 27.3. The summed E-state index contributed by atoms with van der Waals surface area (Å²) in [6.07, 6.45) is 0.707. The van der Waals surface area contributed by atoms with Crippen LogP contribution in [0, 0.1) is 0 Å². The van der Waals surface area contributed by atoms with Gasteiger partial charge in [0.2, 0.25) is 0 Å². The van der Waals surface area contributed by atoms with Crippen LogP contribution in [-0.4, -0.2) is 19.9 Å². The van der Waals surface area contributed by atoms with Crippen LogP contribution in [0.2, 0.25) is 0 Å². The summed E-state index contributed by atoms with van der Waals surface area (Å²) in [5.74, 6) is -0.200. The average Bonchev–Trinajstić information content (AvgIpc) is 3.17. The lowest BCUT2D eigenvalue weighted by molar-refractivity contribution is 0.0913. The van der Waals surface area contributed by atoms with Gasteiger partial charge in [0.15, 0.2) is 0 Å². The Bertz CT molecular complexity index is 1030. The summed E-state index contributed by atoms with van der Waals surface area (Å²) in [7, 11) is -3.60. The van der Waals surface area contributed by atoms with Gasteiger partial charge in [0.25, 0.3) is 15.9 Å². The van der Waals surface area contributed by atoms with E-state index in [-0.39, 0.29) is 10.1 Å². The Labute approximate surface area is 169 Å². The van der Waals surface area contributed by atoms with Crippen molar-refractivity contribution in [2.45, 2.75) is 30.0 Å². The van der Waals surface area contributed by atoms with Crippen LogP contribution in [0.4, 0.5) is 5.69 Å². The number of benzene rings is 2. The largest absolute Gasteiger partial charge is 0.347 e. The molecule has 146 valence electrons. The molecule has 7 heteroatoms. The number of hydrogen-bond acceptors (Lipinski definition) is 4. The number of amides is 1. The van der Waals surface area contributed by atoms with Gasteiger partial charge in [0, 0.05) is 16.8 Å². The second-order valence-electron chi connectivity index (χ2n) is 7.12. The maximum atomic E-state index is 12.6. The fraction of sp³-hybridized carbons (Fsp3) is 0.190. The summed E-state index contributed by atoms with van der Waals surface area (Å²) in [6, 6.07) is 19.6. The molecule has 2 N–H and O–H groups in total. The first-order valence-electron chi connectivity index (χ1n) is 8.78. The molecule has 0 spiro atoms. The fourth-order valence-corrected chi connectivity index (χ4v) is 4.89. The molecule has 0 bridgehead atoms. The number of nitrogens with one attached hydrogen (secondary N) is 2. The molecule has 0 saturated heterocycles. The maximum absolute atomic E-state index is 12.6. The standard InChI is InChI=1S/C21H22N2O3S2/c1-21(2,15-16-7-4-3-5-8-16)22-20(24)17-10-12-18(13-11-17)23-28(25,26)19-9-6-14-27-19/h3-14,23H,15H2,1-2H3,(H,22,24). The SMILES string of the molecule is CC(C)(Cc1ccccc1)NC(=O)c1ccc(NS(=O)(=O)c2cccs2)cc1. The van der Waals surface area contributed by atoms with Gasteiger partial charge < -0.3 is 5.32 Å². The fourth-order valence-electron chi connectivity index (χ4n) is 2.84. The van der Waals surface area contributed by atoms with E-state index in [1.165, 1.54) is 0 Å². The molecule has 0 fully saturated rings. The third-order valence-corrected chi connectivity index (χ3v) is 6.88. The van der Waals surface area contributed by atoms with Crippen LogP contribution < -0.4 is 10.0 Å². The van der Waals surface area contributed by atoms with Crippen LogP contribution in [0.5, 0.6) is 0 Å². The molecule has 28 heavy (non-hydrogen) atoms. The van der Waals surface area contributed by atoms with Crippen LogP contribution in [0.1, 0.15) is 29.8 Å². The highest BCUT2D eigenvalue weighted by Crippen LogP contribution is 2.21. The molecule has 0 aliphatic carbocycles. The van der Waals surface area contributed by atoms with Crippen molar-refractivity contribution in [3.05, 3.63) is 83.2 Å². The second kappa shape index (κ2) is 8.16. The van der Waals surface area contributed by atoms with Crippen molar-refractivity contribution in [3.63, 3.8) is 0 Å². The molecule has 0 unspecified atom stereocenters. The number of thiophene rings is 1. The summed E-state index contributed by atoms with van der Waals surface area (Å²) in [5, 5.41) is 4.74. The molecule has 1 heterocycles. The number of sulfonamides is 1. The van der Waals surface area contributed by atoms with Gasteiger partial charge in [-0.15, -0.1) is 11.3 Å². The molecule has 0 aliphatic rings. The van der Waals surface area contributed by atoms with E-state index >= 15 is 0 Å². The number of anilines is 1. The van der Waals surface area contributed by atoms with Gasteiger partial charge in [0.05, 0.1) is 0 Å². The zero-order valence-corrected chi connectivity index (χ0v) is 17.3. The van der Waals surface area contributed by atoms with Crippen LogP contribution in [0.3, 0.4) is 0 Å². The van der Waals surface area contributed by atoms with Gasteiger partial charge in [-0.1, -0.05) is 36.4 Å². The predicted octanol–water partition coefficient (Wildman–Crippen LogP) is 4.30. The Morgan fingerprint density at radius 1 is 0.964 bits per heavy atom. The molecule has 0 saturated carbocycles. The van der Waals surface area contributed by atoms with E-state index in [2.05, 4.69) is 10.0 Å². The Kier molecular flexibility index (Phi) is 5.86. The van der Waals surface area contributed by atoms with Crippen LogP contribution in [-0.2, 0) is 16.4 Å². The van der Waals surface area contributed by atoms with E-state index in [1.54, 1.807) is 41.8 Å². The van der Waals surface area contributed by atoms with Crippen LogP contribution >= 0.6 is 11.3 Å². The average molecular weight is 415 g/mol. The first-order valence-corrected chi connectivity index (χ1v) is 11.1. The molecule has 0 aliphatic heterocycles. The number of carbonyl (C=O) groups excluding carboxylic acids is 1. The van der Waals surface area contributed by atoms with Crippen LogP contribution in [0.25, 0.3) is 0 Å². The van der Waals surface area contributed by atoms with Crippen LogP contribution in [0.15, 0.2) is 76.3 Å². The lowest BCUT2D eigenvalue weighted by atomic mass is 9.94. The Morgan fingerprint density at radius 3 is 2.25 bits per heavy atom. The van der Waals surface area contributed by atoms with Crippen molar-refractivity contribution >= 4 is 33.0 Å². The molecule has 0 radical (unpaired) electrons. The monoisotopic (exact) mass is 414 g/mol. The van der Waals surface area contributed by atoms with Gasteiger partial charge >= 0.3 is 0 Å². The maximum Gasteiger partial charge on any atom is 0.271 e. The minimum atomic E-state index is -3.60. The van der Waals surface area contributed by atoms with E-state index in [0.29, 0.717) is 17.7 Å². The van der Waals surface area contributed by atoms with Gasteiger partial charge in [0.1, 0.15) is 4.21 Å². The number of carbonyl (C=O) groups is 1. The first-order chi connectivity index (χ1) is 13.3. The first kappa shape index (κ1) is 20.1. The van der Waals surface area contributed by atoms with Crippen molar-refractivity contribution < 1.29 is 13.2 Å². The number of hydrogen-bond donors (Lipinski definition) is 2. The van der Waals surface area contributed by atoms with Gasteiger partial charge in [-0.3, -0.25) is 9.52 Å². The third kappa shape index (κ3) is 5.21. The highest BCUT2D eigenvalue weighted by atomic mass is 32.2.